The second-order valence-electron chi connectivity index (χ2n) is 7.96. The Morgan fingerprint density at radius 2 is 1.66 bits per heavy atom. The molecular weight excluding hydrogens is 450 g/mol. The Morgan fingerprint density at radius 1 is 1.00 bits per heavy atom. The molecule has 0 saturated heterocycles. The summed E-state index contributed by atoms with van der Waals surface area (Å²) in [7, 11) is 1.45. The molecule has 35 heavy (non-hydrogen) atoms. The number of carboxylic acid groups (broad SMARTS) is 1. The fourth-order valence-electron chi connectivity index (χ4n) is 4.19. The van der Waals surface area contributed by atoms with Crippen molar-refractivity contribution < 1.29 is 29.0 Å². The van der Waals surface area contributed by atoms with E-state index < -0.39 is 24.5 Å². The first-order chi connectivity index (χ1) is 17.0. The van der Waals surface area contributed by atoms with Crippen molar-refractivity contribution in [2.24, 2.45) is 0 Å². The minimum absolute atomic E-state index is 0.0581. The molecule has 9 nitrogen and oxygen atoms in total. The molecule has 9 heteroatoms. The van der Waals surface area contributed by atoms with Crippen LogP contribution < -0.4 is 5.32 Å². The van der Waals surface area contributed by atoms with Crippen LogP contribution in [0.5, 0.6) is 0 Å². The number of carbonyl (C=O) groups excluding carboxylic acids is 2. The van der Waals surface area contributed by atoms with Gasteiger partial charge in [-0.15, -0.1) is 0 Å². The first kappa shape index (κ1) is 23.9. The number of pyridine rings is 1. The molecule has 0 spiro atoms. The van der Waals surface area contributed by atoms with Crippen molar-refractivity contribution in [1.82, 2.24) is 9.88 Å². The summed E-state index contributed by atoms with van der Waals surface area (Å²) in [5, 5.41) is 11.7. The second kappa shape index (κ2) is 10.8. The van der Waals surface area contributed by atoms with Crippen LogP contribution in [0.3, 0.4) is 0 Å². The number of nitrogens with zero attached hydrogens (tertiary/aromatic N) is 2. The molecule has 2 aromatic carbocycles. The van der Waals surface area contributed by atoms with E-state index >= 15 is 0 Å². The van der Waals surface area contributed by atoms with Crippen LogP contribution in [-0.2, 0) is 14.3 Å². The number of methoxy groups -OCH3 is 1. The zero-order chi connectivity index (χ0) is 24.8. The Labute approximate surface area is 202 Å². The Bertz CT molecular complexity index is 1200. The quantitative estimate of drug-likeness (QED) is 0.485. The van der Waals surface area contributed by atoms with E-state index in [0.29, 0.717) is 0 Å². The second-order valence-corrected chi connectivity index (χ2v) is 7.96. The summed E-state index contributed by atoms with van der Waals surface area (Å²) in [5.74, 6) is -1.92. The van der Waals surface area contributed by atoms with Crippen LogP contribution in [0.15, 0.2) is 66.9 Å². The number of ether oxygens (including phenoxy) is 2. The van der Waals surface area contributed by atoms with Crippen LogP contribution in [0.4, 0.5) is 10.5 Å². The molecule has 0 saturated carbocycles. The Hall–Kier alpha value is -4.24. The van der Waals surface area contributed by atoms with E-state index in [4.69, 9.17) is 14.6 Å². The Balaban J connectivity index is 1.47. The summed E-state index contributed by atoms with van der Waals surface area (Å²) < 4.78 is 10.5. The molecule has 1 aromatic heterocycles. The number of carboxylic acids is 1. The van der Waals surface area contributed by atoms with E-state index in [-0.39, 0.29) is 37.1 Å². The first-order valence-electron chi connectivity index (χ1n) is 11.1. The SMILES string of the molecule is COCCN(CC(=O)O)C(=O)c1ncccc1NC(=O)OCC1c2ccccc2-c2ccccc21. The van der Waals surface area contributed by atoms with Gasteiger partial charge in [0.15, 0.2) is 5.69 Å². The molecule has 180 valence electrons. The molecule has 0 radical (unpaired) electrons. The van der Waals surface area contributed by atoms with E-state index in [1.54, 1.807) is 6.07 Å². The van der Waals surface area contributed by atoms with E-state index in [9.17, 15) is 14.4 Å². The molecule has 0 bridgehead atoms. The van der Waals surface area contributed by atoms with Gasteiger partial charge in [-0.05, 0) is 34.4 Å². The topological polar surface area (TPSA) is 118 Å². The summed E-state index contributed by atoms with van der Waals surface area (Å²) in [5.41, 5.74) is 4.45. The Morgan fingerprint density at radius 3 is 2.29 bits per heavy atom. The summed E-state index contributed by atoms with van der Waals surface area (Å²) >= 11 is 0. The number of hydrogen-bond acceptors (Lipinski definition) is 6. The number of aromatic nitrogens is 1. The summed E-state index contributed by atoms with van der Waals surface area (Å²) in [4.78, 5) is 42.0. The van der Waals surface area contributed by atoms with Crippen LogP contribution in [0, 0.1) is 0 Å². The van der Waals surface area contributed by atoms with E-state index in [2.05, 4.69) is 10.3 Å². The largest absolute Gasteiger partial charge is 0.480 e. The highest BCUT2D eigenvalue weighted by molar-refractivity contribution is 6.01. The van der Waals surface area contributed by atoms with Gasteiger partial charge in [-0.2, -0.15) is 0 Å². The van der Waals surface area contributed by atoms with Gasteiger partial charge < -0.3 is 19.5 Å². The van der Waals surface area contributed by atoms with Gasteiger partial charge >= 0.3 is 12.1 Å². The zero-order valence-electron chi connectivity index (χ0n) is 19.1. The predicted molar refractivity (Wildman–Crippen MR) is 128 cm³/mol. The molecule has 0 unspecified atom stereocenters. The molecular formula is C26H25N3O6. The van der Waals surface area contributed by atoms with Crippen molar-refractivity contribution in [3.8, 4) is 11.1 Å². The molecule has 1 aliphatic rings. The van der Waals surface area contributed by atoms with Crippen molar-refractivity contribution in [1.29, 1.82) is 0 Å². The molecule has 0 fully saturated rings. The van der Waals surface area contributed by atoms with Gasteiger partial charge in [0.1, 0.15) is 13.2 Å². The van der Waals surface area contributed by atoms with Crippen LogP contribution in [0.2, 0.25) is 0 Å². The maximum atomic E-state index is 13.0. The van der Waals surface area contributed by atoms with E-state index in [1.807, 2.05) is 48.5 Å². The van der Waals surface area contributed by atoms with Crippen LogP contribution in [0.1, 0.15) is 27.5 Å². The summed E-state index contributed by atoms with van der Waals surface area (Å²) in [6, 6.07) is 19.1. The van der Waals surface area contributed by atoms with E-state index in [0.717, 1.165) is 27.2 Å². The van der Waals surface area contributed by atoms with Gasteiger partial charge in [0, 0.05) is 25.8 Å². The van der Waals surface area contributed by atoms with Crippen molar-refractivity contribution in [2.45, 2.75) is 5.92 Å². The Kier molecular flexibility index (Phi) is 7.37. The van der Waals surface area contributed by atoms with Gasteiger partial charge in [0.25, 0.3) is 5.91 Å². The fourth-order valence-corrected chi connectivity index (χ4v) is 4.19. The highest BCUT2D eigenvalue weighted by Crippen LogP contribution is 2.44. The van der Waals surface area contributed by atoms with Gasteiger partial charge in [-0.1, -0.05) is 48.5 Å². The molecule has 0 aliphatic heterocycles. The number of fused-ring (bicyclic) bond motifs is 3. The molecule has 1 heterocycles. The summed E-state index contributed by atoms with van der Waals surface area (Å²) in [6.07, 6.45) is 0.654. The standard InChI is InChI=1S/C26H25N3O6/c1-34-14-13-29(15-23(30)31)25(32)24-22(11-6-12-27-24)28-26(33)35-16-21-19-9-4-2-7-17(19)18-8-3-5-10-20(18)21/h2-12,21H,13-16H2,1H3,(H,28,33)(H,30,31). The van der Waals surface area contributed by atoms with Gasteiger partial charge in [-0.25, -0.2) is 9.78 Å². The monoisotopic (exact) mass is 475 g/mol. The maximum Gasteiger partial charge on any atom is 0.411 e. The van der Waals surface area contributed by atoms with Crippen molar-refractivity contribution in [3.63, 3.8) is 0 Å². The predicted octanol–water partition coefficient (Wildman–Crippen LogP) is 3.62. The molecule has 2 N–H and O–H groups in total. The highest BCUT2D eigenvalue weighted by Gasteiger charge is 2.29. The number of nitrogens with one attached hydrogen (secondary N) is 1. The van der Waals surface area contributed by atoms with Gasteiger partial charge in [0.05, 0.1) is 12.3 Å². The molecule has 2 amide bonds. The molecule has 0 atom stereocenters. The number of aliphatic carboxylic acids is 1. The number of hydrogen-bond donors (Lipinski definition) is 2. The zero-order valence-corrected chi connectivity index (χ0v) is 19.1. The lowest BCUT2D eigenvalue weighted by atomic mass is 9.98. The number of benzene rings is 2. The highest BCUT2D eigenvalue weighted by atomic mass is 16.5. The third kappa shape index (κ3) is 5.30. The lowest BCUT2D eigenvalue weighted by Gasteiger charge is -2.21. The van der Waals surface area contributed by atoms with Gasteiger partial charge in [-0.3, -0.25) is 14.9 Å². The van der Waals surface area contributed by atoms with Gasteiger partial charge in [0.2, 0.25) is 0 Å². The van der Waals surface area contributed by atoms with Crippen molar-refractivity contribution >= 4 is 23.7 Å². The molecule has 4 rings (SSSR count). The lowest BCUT2D eigenvalue weighted by molar-refractivity contribution is -0.137. The molecule has 3 aromatic rings. The number of rotatable bonds is 9. The van der Waals surface area contributed by atoms with Crippen molar-refractivity contribution in [3.05, 3.63) is 83.7 Å². The fraction of sp³-hybridized carbons (Fsp3) is 0.231. The smallest absolute Gasteiger partial charge is 0.411 e. The third-order valence-electron chi connectivity index (χ3n) is 5.77. The minimum atomic E-state index is -1.17. The van der Waals surface area contributed by atoms with Crippen molar-refractivity contribution in [2.75, 3.05) is 38.7 Å². The molecule has 1 aliphatic carbocycles. The number of anilines is 1. The van der Waals surface area contributed by atoms with Crippen LogP contribution in [-0.4, -0.2) is 66.4 Å². The average molecular weight is 476 g/mol. The summed E-state index contributed by atoms with van der Waals surface area (Å²) in [6.45, 7) is -0.199. The number of amides is 2. The van der Waals surface area contributed by atoms with Crippen LogP contribution >= 0.6 is 0 Å². The average Bonchev–Trinajstić information content (AvgIpc) is 3.19. The normalized spacial score (nSPS) is 11.9. The first-order valence-corrected chi connectivity index (χ1v) is 11.1. The van der Waals surface area contributed by atoms with E-state index in [1.165, 1.54) is 19.4 Å². The number of carbonyl (C=O) groups is 3. The third-order valence-corrected chi connectivity index (χ3v) is 5.77. The lowest BCUT2D eigenvalue weighted by Crippen LogP contribution is -2.38. The van der Waals surface area contributed by atoms with Crippen LogP contribution in [0.25, 0.3) is 11.1 Å². The maximum absolute atomic E-state index is 13.0. The minimum Gasteiger partial charge on any atom is -0.480 e.